The van der Waals surface area contributed by atoms with Gasteiger partial charge in [-0.1, -0.05) is 20.4 Å². The summed E-state index contributed by atoms with van der Waals surface area (Å²) in [5.74, 6) is 0.565. The fourth-order valence-corrected chi connectivity index (χ4v) is 1.55. The summed E-state index contributed by atoms with van der Waals surface area (Å²) in [6.07, 6.45) is 0.742. The summed E-state index contributed by atoms with van der Waals surface area (Å²) in [7, 11) is 0. The first kappa shape index (κ1) is 20.5. The van der Waals surface area contributed by atoms with E-state index in [1.165, 1.54) is 11.2 Å². The third-order valence-electron chi connectivity index (χ3n) is 2.40. The Morgan fingerprint density at radius 1 is 1.52 bits per heavy atom. The summed E-state index contributed by atoms with van der Waals surface area (Å²) in [4.78, 5) is 16.2. The lowest BCUT2D eigenvalue weighted by molar-refractivity contribution is 0.0408. The van der Waals surface area contributed by atoms with Crippen molar-refractivity contribution in [2.24, 2.45) is 16.6 Å². The molecule has 0 aliphatic heterocycles. The van der Waals surface area contributed by atoms with Gasteiger partial charge in [-0.2, -0.15) is 5.26 Å². The van der Waals surface area contributed by atoms with Crippen LogP contribution in [-0.4, -0.2) is 29.1 Å². The average Bonchev–Trinajstić information content (AvgIpc) is 2.40. The van der Waals surface area contributed by atoms with Crippen molar-refractivity contribution in [3.05, 3.63) is 24.0 Å². The molecule has 0 heterocycles. The summed E-state index contributed by atoms with van der Waals surface area (Å²) in [6.45, 7) is 15.0. The highest BCUT2D eigenvalue weighted by Crippen LogP contribution is 2.10. The fraction of sp³-hybridized carbons (Fsp3) is 0.562. The minimum atomic E-state index is -0.625. The zero-order valence-corrected chi connectivity index (χ0v) is 14.8. The van der Waals surface area contributed by atoms with Crippen molar-refractivity contribution in [1.29, 1.82) is 5.26 Å². The van der Waals surface area contributed by atoms with E-state index in [9.17, 15) is 4.79 Å². The van der Waals surface area contributed by atoms with Gasteiger partial charge in [0.15, 0.2) is 5.84 Å². The Kier molecular flexibility index (Phi) is 7.88. The van der Waals surface area contributed by atoms with Crippen LogP contribution in [0.3, 0.4) is 0 Å². The Balaban J connectivity index is 5.55. The second kappa shape index (κ2) is 8.83. The second-order valence-corrected chi connectivity index (χ2v) is 6.46. The largest absolute Gasteiger partial charge is 0.443 e. The van der Waals surface area contributed by atoms with Gasteiger partial charge in [0.05, 0.1) is 0 Å². The average molecular weight is 321 g/mol. The number of nitriles is 1. The topological polar surface area (TPSA) is 104 Å². The van der Waals surface area contributed by atoms with Crippen LogP contribution in [0, 0.1) is 17.2 Å². The van der Waals surface area contributed by atoms with E-state index in [-0.39, 0.29) is 11.6 Å². The molecule has 0 unspecified atom stereocenters. The fourth-order valence-electron chi connectivity index (χ4n) is 1.55. The molecule has 0 saturated heterocycles. The molecule has 0 aromatic heterocycles. The van der Waals surface area contributed by atoms with Crippen molar-refractivity contribution in [1.82, 2.24) is 10.4 Å². The quantitative estimate of drug-likeness (QED) is 0.358. The summed E-state index contributed by atoms with van der Waals surface area (Å²) in [5.41, 5.74) is 8.19. The standard InChI is InChI=1S/C16H27N5O2/c1-11(2)10-21(20-15(22)23-16(5,6)7)14(12(3)8-17)19-13(4)9-18/h8,11H,4,10,17H2,1-3,5-7H3,(H,20,22)/b12-8-,19-14+. The van der Waals surface area contributed by atoms with Gasteiger partial charge in [0.2, 0.25) is 0 Å². The van der Waals surface area contributed by atoms with Crippen LogP contribution in [0.2, 0.25) is 0 Å². The molecule has 3 N–H and O–H groups in total. The van der Waals surface area contributed by atoms with Crippen LogP contribution < -0.4 is 11.2 Å². The molecule has 0 bridgehead atoms. The number of rotatable bonds is 4. The smallest absolute Gasteiger partial charge is 0.426 e. The minimum Gasteiger partial charge on any atom is -0.443 e. The Labute approximate surface area is 138 Å². The Morgan fingerprint density at radius 3 is 2.48 bits per heavy atom. The number of nitrogens with one attached hydrogen (secondary N) is 1. The van der Waals surface area contributed by atoms with E-state index >= 15 is 0 Å². The molecule has 0 saturated carbocycles. The molecule has 128 valence electrons. The maximum atomic E-state index is 12.1. The van der Waals surface area contributed by atoms with Crippen molar-refractivity contribution in [3.8, 4) is 6.07 Å². The first-order valence-electron chi connectivity index (χ1n) is 7.34. The Hall–Kier alpha value is -2.49. The molecule has 0 radical (unpaired) electrons. The van der Waals surface area contributed by atoms with Gasteiger partial charge in [0.25, 0.3) is 0 Å². The molecule has 23 heavy (non-hydrogen) atoms. The molecule has 0 aliphatic carbocycles. The third kappa shape index (κ3) is 8.51. The maximum Gasteiger partial charge on any atom is 0.426 e. The first-order chi connectivity index (χ1) is 10.5. The number of ether oxygens (including phenoxy) is 1. The number of hydrogen-bond donors (Lipinski definition) is 2. The van der Waals surface area contributed by atoms with E-state index in [4.69, 9.17) is 15.7 Å². The van der Waals surface area contributed by atoms with Crippen LogP contribution in [0.4, 0.5) is 4.79 Å². The monoisotopic (exact) mass is 321 g/mol. The molecule has 0 spiro atoms. The number of amides is 1. The molecule has 7 nitrogen and oxygen atoms in total. The van der Waals surface area contributed by atoms with Crippen LogP contribution in [0.1, 0.15) is 41.5 Å². The molecule has 0 aromatic rings. The minimum absolute atomic E-state index is 0.0148. The van der Waals surface area contributed by atoms with E-state index in [0.717, 1.165) is 0 Å². The number of nitrogens with zero attached hydrogens (tertiary/aromatic N) is 3. The number of hydrazine groups is 1. The lowest BCUT2D eigenvalue weighted by atomic mass is 10.2. The van der Waals surface area contributed by atoms with Gasteiger partial charge in [-0.05, 0) is 33.6 Å². The van der Waals surface area contributed by atoms with Crippen LogP contribution in [0.25, 0.3) is 0 Å². The van der Waals surface area contributed by atoms with Crippen molar-refractivity contribution < 1.29 is 9.53 Å². The molecular weight excluding hydrogens is 294 g/mol. The van der Waals surface area contributed by atoms with Crippen LogP contribution in [0.15, 0.2) is 29.0 Å². The van der Waals surface area contributed by atoms with E-state index in [0.29, 0.717) is 18.0 Å². The molecule has 1 amide bonds. The van der Waals surface area contributed by atoms with Gasteiger partial charge in [0.1, 0.15) is 17.4 Å². The van der Waals surface area contributed by atoms with Crippen molar-refractivity contribution in [3.63, 3.8) is 0 Å². The number of carbonyl (C=O) groups is 1. The molecule has 0 atom stereocenters. The summed E-state index contributed by atoms with van der Waals surface area (Å²) >= 11 is 0. The van der Waals surface area contributed by atoms with Gasteiger partial charge >= 0.3 is 6.09 Å². The molecule has 0 aromatic carbocycles. The van der Waals surface area contributed by atoms with E-state index in [1.54, 1.807) is 27.7 Å². The van der Waals surface area contributed by atoms with Gasteiger partial charge < -0.3 is 10.5 Å². The first-order valence-corrected chi connectivity index (χ1v) is 7.34. The van der Waals surface area contributed by atoms with Gasteiger partial charge in [-0.3, -0.25) is 5.01 Å². The van der Waals surface area contributed by atoms with Crippen molar-refractivity contribution >= 4 is 11.9 Å². The maximum absolute atomic E-state index is 12.1. The SMILES string of the molecule is C=C(C#N)/N=C(\C(C)=C/N)N(CC(C)C)NC(=O)OC(C)(C)C. The third-order valence-corrected chi connectivity index (χ3v) is 2.40. The number of amidine groups is 1. The zero-order chi connectivity index (χ0) is 18.2. The van der Waals surface area contributed by atoms with Gasteiger partial charge in [-0.15, -0.1) is 0 Å². The molecule has 0 aliphatic rings. The molecule has 0 fully saturated rings. The van der Waals surface area contributed by atoms with Gasteiger partial charge in [0, 0.05) is 18.3 Å². The lowest BCUT2D eigenvalue weighted by Gasteiger charge is -2.30. The Bertz CT molecular complexity index is 536. The highest BCUT2D eigenvalue weighted by molar-refractivity contribution is 5.99. The highest BCUT2D eigenvalue weighted by atomic mass is 16.6. The summed E-state index contributed by atoms with van der Waals surface area (Å²) < 4.78 is 5.26. The predicted molar refractivity (Wildman–Crippen MR) is 91.0 cm³/mol. The van der Waals surface area contributed by atoms with Crippen LogP contribution in [-0.2, 0) is 4.74 Å². The lowest BCUT2D eigenvalue weighted by Crippen LogP contribution is -2.50. The van der Waals surface area contributed by atoms with E-state index < -0.39 is 11.7 Å². The van der Waals surface area contributed by atoms with Crippen LogP contribution in [0.5, 0.6) is 0 Å². The second-order valence-electron chi connectivity index (χ2n) is 6.46. The predicted octanol–water partition coefficient (Wildman–Crippen LogP) is 2.68. The number of hydrogen-bond acceptors (Lipinski definition) is 5. The Morgan fingerprint density at radius 2 is 2.09 bits per heavy atom. The molecule has 0 rings (SSSR count). The number of carbonyl (C=O) groups excluding carboxylic acids is 1. The van der Waals surface area contributed by atoms with Gasteiger partial charge in [-0.25, -0.2) is 15.2 Å². The molecule has 7 heteroatoms. The van der Waals surface area contributed by atoms with E-state index in [1.807, 2.05) is 19.9 Å². The number of allylic oxidation sites excluding steroid dienone is 1. The van der Waals surface area contributed by atoms with Crippen LogP contribution >= 0.6 is 0 Å². The summed E-state index contributed by atoms with van der Waals surface area (Å²) in [6, 6.07) is 1.85. The van der Waals surface area contributed by atoms with E-state index in [2.05, 4.69) is 17.0 Å². The highest BCUT2D eigenvalue weighted by Gasteiger charge is 2.22. The number of aliphatic imine (C=N–C) groups is 1. The molecular formula is C16H27N5O2. The van der Waals surface area contributed by atoms with Crippen molar-refractivity contribution in [2.45, 2.75) is 47.1 Å². The summed E-state index contributed by atoms with van der Waals surface area (Å²) in [5, 5.41) is 10.4. The normalized spacial score (nSPS) is 12.6. The number of nitrogens with two attached hydrogens (primary N) is 1. The zero-order valence-electron chi connectivity index (χ0n) is 14.8. The van der Waals surface area contributed by atoms with Crippen molar-refractivity contribution in [2.75, 3.05) is 6.54 Å².